The molecule has 0 bridgehead atoms. The average molecular weight is 216 g/mol. The number of hydrogen-bond donors (Lipinski definition) is 1. The Kier molecular flexibility index (Phi) is 3.79. The minimum Gasteiger partial charge on any atom is -0.493 e. The molecule has 84 valence electrons. The zero-order valence-corrected chi connectivity index (χ0v) is 9.33. The molecule has 0 fully saturated rings. The summed E-state index contributed by atoms with van der Waals surface area (Å²) in [5.41, 5.74) is 2.67. The zero-order chi connectivity index (χ0) is 11.2. The Morgan fingerprint density at radius 1 is 1.38 bits per heavy atom. The summed E-state index contributed by atoms with van der Waals surface area (Å²) in [6.45, 7) is 2.53. The largest absolute Gasteiger partial charge is 0.493 e. The number of fused-ring (bicyclic) bond motifs is 1. The summed E-state index contributed by atoms with van der Waals surface area (Å²) in [6.07, 6.45) is 2.63. The first-order valence-electron chi connectivity index (χ1n) is 5.72. The Bertz CT molecular complexity index is 395. The van der Waals surface area contributed by atoms with E-state index in [4.69, 9.17) is 10.00 Å². The summed E-state index contributed by atoms with van der Waals surface area (Å²) >= 11 is 0. The van der Waals surface area contributed by atoms with Crippen LogP contribution >= 0.6 is 0 Å². The summed E-state index contributed by atoms with van der Waals surface area (Å²) in [6, 6.07) is 8.54. The Labute approximate surface area is 96.0 Å². The number of nitrogens with zero attached hydrogens (tertiary/aromatic N) is 1. The second-order valence-corrected chi connectivity index (χ2v) is 3.95. The maximum atomic E-state index is 8.38. The highest BCUT2D eigenvalue weighted by molar-refractivity contribution is 5.39. The van der Waals surface area contributed by atoms with E-state index in [1.54, 1.807) is 0 Å². The van der Waals surface area contributed by atoms with E-state index in [0.29, 0.717) is 6.42 Å². The molecule has 0 unspecified atom stereocenters. The number of rotatable bonds is 5. The molecule has 0 saturated heterocycles. The van der Waals surface area contributed by atoms with Crippen LogP contribution in [0.2, 0.25) is 0 Å². The second-order valence-electron chi connectivity index (χ2n) is 3.95. The molecule has 16 heavy (non-hydrogen) atoms. The predicted molar refractivity (Wildman–Crippen MR) is 62.4 cm³/mol. The van der Waals surface area contributed by atoms with Crippen LogP contribution in [-0.2, 0) is 12.8 Å². The summed E-state index contributed by atoms with van der Waals surface area (Å²) in [5, 5.41) is 11.6. The molecule has 2 rings (SSSR count). The molecule has 0 spiro atoms. The van der Waals surface area contributed by atoms with Crippen LogP contribution < -0.4 is 10.1 Å². The van der Waals surface area contributed by atoms with Gasteiger partial charge in [0.25, 0.3) is 0 Å². The molecule has 3 nitrogen and oxygen atoms in total. The normalized spacial score (nSPS) is 12.9. The molecule has 0 saturated carbocycles. The zero-order valence-electron chi connectivity index (χ0n) is 9.33. The van der Waals surface area contributed by atoms with Gasteiger partial charge in [-0.25, -0.2) is 0 Å². The first kappa shape index (κ1) is 11.0. The maximum Gasteiger partial charge on any atom is 0.122 e. The van der Waals surface area contributed by atoms with Crippen molar-refractivity contribution in [3.05, 3.63) is 29.3 Å². The van der Waals surface area contributed by atoms with Gasteiger partial charge < -0.3 is 10.1 Å². The van der Waals surface area contributed by atoms with E-state index in [1.165, 1.54) is 11.1 Å². The molecule has 0 aromatic heterocycles. The smallest absolute Gasteiger partial charge is 0.122 e. The standard InChI is InChI=1S/C13H16N2O/c14-6-1-7-15-8-4-11-2-3-13-12(10-11)5-9-16-13/h2-3,10,15H,1,4-5,7-9H2. The van der Waals surface area contributed by atoms with Crippen LogP contribution in [0.5, 0.6) is 5.75 Å². The van der Waals surface area contributed by atoms with Gasteiger partial charge in [0, 0.05) is 19.4 Å². The van der Waals surface area contributed by atoms with E-state index in [-0.39, 0.29) is 0 Å². The topological polar surface area (TPSA) is 45.0 Å². The fourth-order valence-electron chi connectivity index (χ4n) is 1.90. The van der Waals surface area contributed by atoms with Gasteiger partial charge in [0.15, 0.2) is 0 Å². The Morgan fingerprint density at radius 2 is 2.31 bits per heavy atom. The van der Waals surface area contributed by atoms with Crippen molar-refractivity contribution in [2.45, 2.75) is 19.3 Å². The molecule has 1 aliphatic rings. The van der Waals surface area contributed by atoms with E-state index in [9.17, 15) is 0 Å². The van der Waals surface area contributed by atoms with Crippen LogP contribution in [0.25, 0.3) is 0 Å². The molecule has 3 heteroatoms. The van der Waals surface area contributed by atoms with Gasteiger partial charge in [-0.05, 0) is 30.2 Å². The lowest BCUT2D eigenvalue weighted by atomic mass is 10.1. The van der Waals surface area contributed by atoms with E-state index < -0.39 is 0 Å². The lowest BCUT2D eigenvalue weighted by Crippen LogP contribution is -2.18. The minimum absolute atomic E-state index is 0.581. The molecule has 1 aromatic carbocycles. The van der Waals surface area contributed by atoms with E-state index >= 15 is 0 Å². The fraction of sp³-hybridized carbons (Fsp3) is 0.462. The molecule has 1 aromatic rings. The van der Waals surface area contributed by atoms with Gasteiger partial charge in [0.1, 0.15) is 5.75 Å². The number of nitriles is 1. The molecule has 0 amide bonds. The Hall–Kier alpha value is -1.53. The molecular weight excluding hydrogens is 200 g/mol. The second kappa shape index (κ2) is 5.53. The first-order valence-corrected chi connectivity index (χ1v) is 5.72. The van der Waals surface area contributed by atoms with Gasteiger partial charge in [-0.1, -0.05) is 12.1 Å². The summed E-state index contributed by atoms with van der Waals surface area (Å²) in [5.74, 6) is 1.04. The van der Waals surface area contributed by atoms with Crippen molar-refractivity contribution in [3.8, 4) is 11.8 Å². The van der Waals surface area contributed by atoms with E-state index in [0.717, 1.165) is 38.3 Å². The van der Waals surface area contributed by atoms with E-state index in [1.807, 2.05) is 0 Å². The summed E-state index contributed by atoms with van der Waals surface area (Å²) < 4.78 is 5.46. The maximum absolute atomic E-state index is 8.38. The van der Waals surface area contributed by atoms with Crippen molar-refractivity contribution in [2.75, 3.05) is 19.7 Å². The molecular formula is C13H16N2O. The average Bonchev–Trinajstić information content (AvgIpc) is 2.76. The molecule has 1 heterocycles. The highest BCUT2D eigenvalue weighted by atomic mass is 16.5. The highest BCUT2D eigenvalue weighted by Gasteiger charge is 2.11. The Balaban J connectivity index is 1.80. The van der Waals surface area contributed by atoms with Gasteiger partial charge in [0.2, 0.25) is 0 Å². The number of benzene rings is 1. The fourth-order valence-corrected chi connectivity index (χ4v) is 1.90. The number of ether oxygens (including phenoxy) is 1. The summed E-state index contributed by atoms with van der Waals surface area (Å²) in [4.78, 5) is 0. The molecule has 0 aliphatic carbocycles. The lowest BCUT2D eigenvalue weighted by molar-refractivity contribution is 0.357. The van der Waals surface area contributed by atoms with Crippen LogP contribution in [0.1, 0.15) is 17.5 Å². The van der Waals surface area contributed by atoms with Crippen LogP contribution in [0.4, 0.5) is 0 Å². The van der Waals surface area contributed by atoms with Crippen LogP contribution in [0.15, 0.2) is 18.2 Å². The molecule has 1 N–H and O–H groups in total. The lowest BCUT2D eigenvalue weighted by Gasteiger charge is -2.05. The quantitative estimate of drug-likeness (QED) is 0.761. The molecule has 0 atom stereocenters. The van der Waals surface area contributed by atoms with Crippen LogP contribution in [0, 0.1) is 11.3 Å². The molecule has 1 aliphatic heterocycles. The SMILES string of the molecule is N#CCCNCCc1ccc2c(c1)CCO2. The van der Waals surface area contributed by atoms with Crippen molar-refractivity contribution in [3.63, 3.8) is 0 Å². The number of nitrogens with one attached hydrogen (secondary N) is 1. The van der Waals surface area contributed by atoms with Crippen molar-refractivity contribution in [2.24, 2.45) is 0 Å². The summed E-state index contributed by atoms with van der Waals surface area (Å²) in [7, 11) is 0. The van der Waals surface area contributed by atoms with Gasteiger partial charge >= 0.3 is 0 Å². The first-order chi connectivity index (χ1) is 7.90. The third-order valence-electron chi connectivity index (χ3n) is 2.76. The van der Waals surface area contributed by atoms with Gasteiger partial charge in [-0.3, -0.25) is 0 Å². The van der Waals surface area contributed by atoms with Crippen molar-refractivity contribution >= 4 is 0 Å². The van der Waals surface area contributed by atoms with E-state index in [2.05, 4.69) is 29.6 Å². The Morgan fingerprint density at radius 3 is 3.19 bits per heavy atom. The van der Waals surface area contributed by atoms with Crippen LogP contribution in [0.3, 0.4) is 0 Å². The van der Waals surface area contributed by atoms with Gasteiger partial charge in [-0.2, -0.15) is 5.26 Å². The minimum atomic E-state index is 0.581. The van der Waals surface area contributed by atoms with Gasteiger partial charge in [-0.15, -0.1) is 0 Å². The van der Waals surface area contributed by atoms with Crippen molar-refractivity contribution in [1.82, 2.24) is 5.32 Å². The van der Waals surface area contributed by atoms with Crippen molar-refractivity contribution < 1.29 is 4.74 Å². The predicted octanol–water partition coefficient (Wildman–Crippen LogP) is 1.67. The monoisotopic (exact) mass is 216 g/mol. The third-order valence-corrected chi connectivity index (χ3v) is 2.76. The molecule has 0 radical (unpaired) electrons. The van der Waals surface area contributed by atoms with Crippen LogP contribution in [-0.4, -0.2) is 19.7 Å². The van der Waals surface area contributed by atoms with Gasteiger partial charge in [0.05, 0.1) is 12.7 Å². The van der Waals surface area contributed by atoms with Crippen molar-refractivity contribution in [1.29, 1.82) is 5.26 Å². The highest BCUT2D eigenvalue weighted by Crippen LogP contribution is 2.25. The third kappa shape index (κ3) is 2.74. The number of hydrogen-bond acceptors (Lipinski definition) is 3.